The average Bonchev–Trinajstić information content (AvgIpc) is 2.61. The Labute approximate surface area is 115 Å². The molecule has 0 aliphatic heterocycles. The maximum absolute atomic E-state index is 5.13. The van der Waals surface area contributed by atoms with Crippen molar-refractivity contribution in [2.75, 3.05) is 7.11 Å². The minimum Gasteiger partial charge on any atom is -0.521 e. The summed E-state index contributed by atoms with van der Waals surface area (Å²) in [6.45, 7) is 0. The molecular weight excluding hydrogens is 457 g/mol. The second-order valence-corrected chi connectivity index (χ2v) is 4.92. The number of thiophene rings is 1. The fourth-order valence-electron chi connectivity index (χ4n) is 1.06. The molecule has 0 atom stereocenters. The summed E-state index contributed by atoms with van der Waals surface area (Å²) in [4.78, 5) is 5.22. The largest absolute Gasteiger partial charge is 0.521 e. The van der Waals surface area contributed by atoms with Gasteiger partial charge in [-0.3, -0.25) is 0 Å². The first-order valence-electron chi connectivity index (χ1n) is 3.98. The van der Waals surface area contributed by atoms with Crippen LogP contribution in [0.5, 0.6) is 5.75 Å². The van der Waals surface area contributed by atoms with E-state index in [1.54, 1.807) is 24.6 Å². The van der Waals surface area contributed by atoms with Crippen molar-refractivity contribution in [2.45, 2.75) is 0 Å². The number of methoxy groups -OCH3 is 1. The molecule has 0 N–H and O–H groups in total. The van der Waals surface area contributed by atoms with Gasteiger partial charge >= 0.3 is 0 Å². The standard InChI is InChI=1S/C10H7BrNOS.Pt/c1-13-8-6-9(14-10(8)11)7-4-2-3-5-12-7;/h2-5H,1H3;/q-1;. The van der Waals surface area contributed by atoms with Crippen LogP contribution in [0, 0.1) is 6.07 Å². The summed E-state index contributed by atoms with van der Waals surface area (Å²) in [7, 11) is 1.63. The van der Waals surface area contributed by atoms with Crippen molar-refractivity contribution >= 4 is 27.3 Å². The minimum atomic E-state index is 0. The number of hydrogen-bond donors (Lipinski definition) is 0. The predicted octanol–water partition coefficient (Wildman–Crippen LogP) is 3.38. The molecule has 2 nitrogen and oxygen atoms in total. The van der Waals surface area contributed by atoms with Gasteiger partial charge in [-0.25, -0.2) is 11.3 Å². The molecule has 0 spiro atoms. The number of hydrogen-bond acceptors (Lipinski definition) is 3. The molecule has 2 aromatic rings. The van der Waals surface area contributed by atoms with E-state index in [1.165, 1.54) is 0 Å². The van der Waals surface area contributed by atoms with Gasteiger partial charge in [0.25, 0.3) is 0 Å². The third-order valence-electron chi connectivity index (χ3n) is 1.70. The molecule has 0 aliphatic carbocycles. The van der Waals surface area contributed by atoms with Crippen molar-refractivity contribution in [2.24, 2.45) is 0 Å². The summed E-state index contributed by atoms with van der Waals surface area (Å²) in [6, 6.07) is 8.93. The number of ether oxygens (including phenoxy) is 1. The smallest absolute Gasteiger partial charge is 0.0744 e. The van der Waals surface area contributed by atoms with E-state index in [2.05, 4.69) is 27.0 Å². The average molecular weight is 464 g/mol. The summed E-state index contributed by atoms with van der Waals surface area (Å²) >= 11 is 4.97. The fraction of sp³-hybridized carbons (Fsp3) is 0.100. The topological polar surface area (TPSA) is 22.1 Å². The van der Waals surface area contributed by atoms with E-state index in [-0.39, 0.29) is 21.1 Å². The van der Waals surface area contributed by atoms with Crippen molar-refractivity contribution in [1.29, 1.82) is 0 Å². The van der Waals surface area contributed by atoms with Crippen LogP contribution >= 0.6 is 27.3 Å². The zero-order chi connectivity index (χ0) is 9.97. The summed E-state index contributed by atoms with van der Waals surface area (Å²) in [6.07, 6.45) is 1.77. The normalized spacial score (nSPS) is 9.47. The van der Waals surface area contributed by atoms with Crippen LogP contribution in [0.15, 0.2) is 28.2 Å². The summed E-state index contributed by atoms with van der Waals surface area (Å²) in [5, 5.41) is 0. The van der Waals surface area contributed by atoms with Crippen LogP contribution in [0.1, 0.15) is 0 Å². The second-order valence-electron chi connectivity index (χ2n) is 2.58. The Morgan fingerprint density at radius 1 is 1.47 bits per heavy atom. The fourth-order valence-corrected chi connectivity index (χ4v) is 2.58. The van der Waals surface area contributed by atoms with Crippen LogP contribution in [0.3, 0.4) is 0 Å². The molecule has 0 amide bonds. The molecule has 0 radical (unpaired) electrons. The first kappa shape index (κ1) is 12.9. The van der Waals surface area contributed by atoms with Gasteiger partial charge < -0.3 is 9.72 Å². The minimum absolute atomic E-state index is 0. The summed E-state index contributed by atoms with van der Waals surface area (Å²) in [5.74, 6) is 0.732. The first-order chi connectivity index (χ1) is 6.81. The summed E-state index contributed by atoms with van der Waals surface area (Å²) in [5.41, 5.74) is 0.918. The molecule has 82 valence electrons. The monoisotopic (exact) mass is 463 g/mol. The maximum atomic E-state index is 5.13. The zero-order valence-corrected chi connectivity index (χ0v) is 12.4. The van der Waals surface area contributed by atoms with Crippen LogP contribution in [0.2, 0.25) is 0 Å². The Morgan fingerprint density at radius 2 is 2.27 bits per heavy atom. The van der Waals surface area contributed by atoms with Gasteiger partial charge in [-0.05, 0) is 11.8 Å². The van der Waals surface area contributed by atoms with E-state index in [0.717, 1.165) is 20.1 Å². The van der Waals surface area contributed by atoms with Crippen molar-refractivity contribution in [1.82, 2.24) is 4.98 Å². The quantitative estimate of drug-likeness (QED) is 0.637. The van der Waals surface area contributed by atoms with E-state index in [9.17, 15) is 0 Å². The molecule has 0 saturated heterocycles. The first-order valence-corrected chi connectivity index (χ1v) is 5.59. The Morgan fingerprint density at radius 3 is 2.80 bits per heavy atom. The second kappa shape index (κ2) is 5.78. The van der Waals surface area contributed by atoms with Gasteiger partial charge in [0.05, 0.1) is 7.11 Å². The Bertz CT molecular complexity index is 432. The third-order valence-corrected chi connectivity index (χ3v) is 3.42. The number of halogens is 1. The molecule has 2 aromatic heterocycles. The number of rotatable bonds is 2. The molecule has 5 heteroatoms. The number of pyridine rings is 1. The van der Waals surface area contributed by atoms with Crippen molar-refractivity contribution < 1.29 is 25.8 Å². The van der Waals surface area contributed by atoms with E-state index < -0.39 is 0 Å². The van der Waals surface area contributed by atoms with Gasteiger partial charge in [-0.15, -0.1) is 22.0 Å². The van der Waals surface area contributed by atoms with E-state index in [4.69, 9.17) is 4.74 Å². The molecule has 15 heavy (non-hydrogen) atoms. The number of nitrogens with zero attached hydrogens (tertiary/aromatic N) is 1. The summed E-state index contributed by atoms with van der Waals surface area (Å²) < 4.78 is 6.07. The van der Waals surface area contributed by atoms with Crippen molar-refractivity contribution in [3.05, 3.63) is 34.2 Å². The van der Waals surface area contributed by atoms with Gasteiger partial charge in [0.15, 0.2) is 0 Å². The van der Waals surface area contributed by atoms with Crippen LogP contribution < -0.4 is 4.74 Å². The van der Waals surface area contributed by atoms with Crippen LogP contribution in [-0.4, -0.2) is 12.1 Å². The Hall–Kier alpha value is -0.182. The van der Waals surface area contributed by atoms with Gasteiger partial charge in [0, 0.05) is 36.8 Å². The van der Waals surface area contributed by atoms with E-state index in [0.29, 0.717) is 0 Å². The van der Waals surface area contributed by atoms with E-state index >= 15 is 0 Å². The van der Waals surface area contributed by atoms with Gasteiger partial charge in [-0.2, -0.15) is 0 Å². The van der Waals surface area contributed by atoms with Crippen LogP contribution in [0.4, 0.5) is 0 Å². The predicted molar refractivity (Wildman–Crippen MR) is 60.6 cm³/mol. The van der Waals surface area contributed by atoms with Gasteiger partial charge in [0.1, 0.15) is 0 Å². The van der Waals surface area contributed by atoms with E-state index in [1.807, 2.05) is 18.2 Å². The molecule has 0 fully saturated rings. The third kappa shape index (κ3) is 2.90. The van der Waals surface area contributed by atoms with Crippen LogP contribution in [-0.2, 0) is 21.1 Å². The molecule has 0 saturated carbocycles. The van der Waals surface area contributed by atoms with Crippen molar-refractivity contribution in [3.8, 4) is 16.3 Å². The SMILES string of the molecule is COc1[c-]c(-c2ccccn2)sc1Br.[Pt]. The van der Waals surface area contributed by atoms with Gasteiger partial charge in [-0.1, -0.05) is 17.0 Å². The van der Waals surface area contributed by atoms with Crippen molar-refractivity contribution in [3.63, 3.8) is 0 Å². The Kier molecular flexibility index (Phi) is 4.97. The molecule has 0 unspecified atom stereocenters. The molecule has 2 rings (SSSR count). The van der Waals surface area contributed by atoms with Crippen LogP contribution in [0.25, 0.3) is 10.6 Å². The molecule has 2 heterocycles. The molecule has 0 aliphatic rings. The maximum Gasteiger partial charge on any atom is 0.0744 e. The zero-order valence-electron chi connectivity index (χ0n) is 7.77. The molecular formula is C10H7BrNOPtS-. The number of aromatic nitrogens is 1. The molecule has 0 aromatic carbocycles. The molecule has 0 bridgehead atoms. The Balaban J connectivity index is 0.00000112. The van der Waals surface area contributed by atoms with Gasteiger partial charge in [0.2, 0.25) is 0 Å².